The van der Waals surface area contributed by atoms with E-state index in [1.54, 1.807) is 18.2 Å². The first-order chi connectivity index (χ1) is 14.4. The van der Waals surface area contributed by atoms with Crippen molar-refractivity contribution in [2.24, 2.45) is 5.92 Å². The molecule has 0 saturated carbocycles. The van der Waals surface area contributed by atoms with Crippen LogP contribution in [0.1, 0.15) is 36.0 Å². The molecule has 0 spiro atoms. The SMILES string of the molecule is O=C(NCCc1ccc(F)cc1)C1CCN(S(=O)(=O)c2ccc3c(c2)CCC3)CC1. The molecule has 1 aliphatic heterocycles. The van der Waals surface area contributed by atoms with E-state index in [1.165, 1.54) is 22.0 Å². The van der Waals surface area contributed by atoms with Crippen LogP contribution >= 0.6 is 0 Å². The number of benzene rings is 2. The predicted molar refractivity (Wildman–Crippen MR) is 113 cm³/mol. The third-order valence-electron chi connectivity index (χ3n) is 6.16. The Morgan fingerprint density at radius 1 is 1.03 bits per heavy atom. The molecule has 1 heterocycles. The van der Waals surface area contributed by atoms with Gasteiger partial charge in [-0.05, 0) is 79.5 Å². The van der Waals surface area contributed by atoms with Crippen LogP contribution in [0.25, 0.3) is 0 Å². The number of fused-ring (bicyclic) bond motifs is 1. The molecule has 7 heteroatoms. The molecule has 0 atom stereocenters. The number of nitrogens with one attached hydrogen (secondary N) is 1. The number of amides is 1. The van der Waals surface area contributed by atoms with E-state index in [9.17, 15) is 17.6 Å². The Kier molecular flexibility index (Phi) is 6.20. The van der Waals surface area contributed by atoms with Gasteiger partial charge in [-0.25, -0.2) is 12.8 Å². The quantitative estimate of drug-likeness (QED) is 0.766. The summed E-state index contributed by atoms with van der Waals surface area (Å²) in [5, 5.41) is 2.93. The van der Waals surface area contributed by atoms with E-state index in [2.05, 4.69) is 5.32 Å². The van der Waals surface area contributed by atoms with Gasteiger partial charge in [0.05, 0.1) is 4.90 Å². The standard InChI is InChI=1S/C23H27FN2O3S/c24-21-7-4-17(5-8-21)10-13-25-23(27)19-11-14-26(15-12-19)30(28,29)22-9-6-18-2-1-3-20(18)16-22/h4-9,16,19H,1-3,10-15H2,(H,25,27). The lowest BCUT2D eigenvalue weighted by molar-refractivity contribution is -0.126. The van der Waals surface area contributed by atoms with Gasteiger partial charge in [0.2, 0.25) is 15.9 Å². The van der Waals surface area contributed by atoms with Crippen LogP contribution in [0, 0.1) is 11.7 Å². The first-order valence-electron chi connectivity index (χ1n) is 10.6. The summed E-state index contributed by atoms with van der Waals surface area (Å²) in [6.45, 7) is 1.20. The molecule has 0 radical (unpaired) electrons. The molecule has 1 amide bonds. The average molecular weight is 431 g/mol. The van der Waals surface area contributed by atoms with Gasteiger partial charge < -0.3 is 5.32 Å². The van der Waals surface area contributed by atoms with Gasteiger partial charge >= 0.3 is 0 Å². The van der Waals surface area contributed by atoms with E-state index in [-0.39, 0.29) is 17.6 Å². The fourth-order valence-electron chi connectivity index (χ4n) is 4.34. The summed E-state index contributed by atoms with van der Waals surface area (Å²) in [6, 6.07) is 11.7. The van der Waals surface area contributed by atoms with Gasteiger partial charge in [-0.3, -0.25) is 4.79 Å². The number of nitrogens with zero attached hydrogens (tertiary/aromatic N) is 1. The van der Waals surface area contributed by atoms with Crippen LogP contribution in [0.2, 0.25) is 0 Å². The molecule has 4 rings (SSSR count). The second-order valence-corrected chi connectivity index (χ2v) is 10.1. The van der Waals surface area contributed by atoms with Gasteiger partial charge in [-0.1, -0.05) is 18.2 Å². The van der Waals surface area contributed by atoms with Crippen LogP contribution in [0.4, 0.5) is 4.39 Å². The van der Waals surface area contributed by atoms with E-state index in [4.69, 9.17) is 0 Å². The first kappa shape index (κ1) is 21.0. The van der Waals surface area contributed by atoms with Crippen LogP contribution in [0.15, 0.2) is 47.4 Å². The minimum Gasteiger partial charge on any atom is -0.356 e. The average Bonchev–Trinajstić information content (AvgIpc) is 3.23. The smallest absolute Gasteiger partial charge is 0.243 e. The molecule has 160 valence electrons. The molecule has 2 aromatic rings. The van der Waals surface area contributed by atoms with E-state index >= 15 is 0 Å². The highest BCUT2D eigenvalue weighted by Crippen LogP contribution is 2.28. The maximum atomic E-state index is 13.0. The van der Waals surface area contributed by atoms with Gasteiger partial charge in [0.25, 0.3) is 0 Å². The van der Waals surface area contributed by atoms with Gasteiger partial charge in [-0.15, -0.1) is 0 Å². The molecule has 2 aliphatic rings. The Labute approximate surface area is 177 Å². The van der Waals surface area contributed by atoms with Crippen molar-refractivity contribution in [3.63, 3.8) is 0 Å². The minimum atomic E-state index is -3.52. The monoisotopic (exact) mass is 430 g/mol. The lowest BCUT2D eigenvalue weighted by Crippen LogP contribution is -2.43. The Balaban J connectivity index is 1.28. The first-order valence-corrected chi connectivity index (χ1v) is 12.0. The normalized spacial score (nSPS) is 17.6. The zero-order chi connectivity index (χ0) is 21.1. The van der Waals surface area contributed by atoms with Crippen molar-refractivity contribution in [1.82, 2.24) is 9.62 Å². The summed E-state index contributed by atoms with van der Waals surface area (Å²) in [5.74, 6) is -0.485. The maximum Gasteiger partial charge on any atom is 0.243 e. The van der Waals surface area contributed by atoms with Crippen molar-refractivity contribution in [3.05, 3.63) is 65.0 Å². The van der Waals surface area contributed by atoms with Crippen molar-refractivity contribution < 1.29 is 17.6 Å². The van der Waals surface area contributed by atoms with Gasteiger partial charge in [0.15, 0.2) is 0 Å². The van der Waals surface area contributed by atoms with Crippen molar-refractivity contribution in [1.29, 1.82) is 0 Å². The fraction of sp³-hybridized carbons (Fsp3) is 0.435. The number of hydrogen-bond acceptors (Lipinski definition) is 3. The van der Waals surface area contributed by atoms with Crippen LogP contribution in [-0.4, -0.2) is 38.3 Å². The molecule has 1 saturated heterocycles. The predicted octanol–water partition coefficient (Wildman–Crippen LogP) is 3.07. The molecule has 2 aromatic carbocycles. The summed E-state index contributed by atoms with van der Waals surface area (Å²) in [4.78, 5) is 12.8. The number of piperidine rings is 1. The Bertz CT molecular complexity index is 1010. The third kappa shape index (κ3) is 4.57. The lowest BCUT2D eigenvalue weighted by Gasteiger charge is -2.30. The van der Waals surface area contributed by atoms with Crippen molar-refractivity contribution in [2.75, 3.05) is 19.6 Å². The highest BCUT2D eigenvalue weighted by atomic mass is 32.2. The molecule has 0 unspecified atom stereocenters. The van der Waals surface area contributed by atoms with Crippen molar-refractivity contribution in [2.45, 2.75) is 43.4 Å². The number of aryl methyl sites for hydroxylation is 2. The van der Waals surface area contributed by atoms with Gasteiger partial charge in [-0.2, -0.15) is 4.31 Å². The highest BCUT2D eigenvalue weighted by Gasteiger charge is 2.32. The second kappa shape index (κ2) is 8.86. The zero-order valence-corrected chi connectivity index (χ0v) is 17.8. The molecular formula is C23H27FN2O3S. The van der Waals surface area contributed by atoms with Crippen LogP contribution in [0.3, 0.4) is 0 Å². The topological polar surface area (TPSA) is 66.5 Å². The summed E-state index contributed by atoms with van der Waals surface area (Å²) in [7, 11) is -3.52. The highest BCUT2D eigenvalue weighted by molar-refractivity contribution is 7.89. The summed E-state index contributed by atoms with van der Waals surface area (Å²) >= 11 is 0. The van der Waals surface area contributed by atoms with Crippen LogP contribution in [-0.2, 0) is 34.1 Å². The fourth-order valence-corrected chi connectivity index (χ4v) is 5.86. The number of carbonyl (C=O) groups is 1. The van der Waals surface area contributed by atoms with Crippen molar-refractivity contribution >= 4 is 15.9 Å². The largest absolute Gasteiger partial charge is 0.356 e. The van der Waals surface area contributed by atoms with Crippen LogP contribution < -0.4 is 5.32 Å². The number of halogens is 1. The molecule has 1 fully saturated rings. The summed E-state index contributed by atoms with van der Waals surface area (Å²) in [6.07, 6.45) is 4.73. The van der Waals surface area contributed by atoms with Gasteiger partial charge in [0.1, 0.15) is 5.82 Å². The molecule has 1 N–H and O–H groups in total. The number of carbonyl (C=O) groups excluding carboxylic acids is 1. The zero-order valence-electron chi connectivity index (χ0n) is 16.9. The Hall–Kier alpha value is -2.25. The molecular weight excluding hydrogens is 403 g/mol. The lowest BCUT2D eigenvalue weighted by atomic mass is 9.97. The number of rotatable bonds is 6. The summed E-state index contributed by atoms with van der Waals surface area (Å²) in [5.41, 5.74) is 3.36. The van der Waals surface area contributed by atoms with E-state index in [1.807, 2.05) is 12.1 Å². The summed E-state index contributed by atoms with van der Waals surface area (Å²) < 4.78 is 40.5. The van der Waals surface area contributed by atoms with E-state index in [0.29, 0.717) is 43.8 Å². The molecule has 1 aliphatic carbocycles. The second-order valence-electron chi connectivity index (χ2n) is 8.13. The molecule has 0 aromatic heterocycles. The van der Waals surface area contributed by atoms with Crippen LogP contribution in [0.5, 0.6) is 0 Å². The molecule has 30 heavy (non-hydrogen) atoms. The van der Waals surface area contributed by atoms with Gasteiger partial charge in [0, 0.05) is 25.6 Å². The van der Waals surface area contributed by atoms with E-state index < -0.39 is 10.0 Å². The molecule has 0 bridgehead atoms. The number of hydrogen-bond donors (Lipinski definition) is 1. The third-order valence-corrected chi connectivity index (χ3v) is 8.05. The Morgan fingerprint density at radius 3 is 2.47 bits per heavy atom. The molecule has 5 nitrogen and oxygen atoms in total. The minimum absolute atomic E-state index is 0.0355. The maximum absolute atomic E-state index is 13.0. The Morgan fingerprint density at radius 2 is 1.73 bits per heavy atom. The van der Waals surface area contributed by atoms with Crippen molar-refractivity contribution in [3.8, 4) is 0 Å². The number of sulfonamides is 1. The van der Waals surface area contributed by atoms with E-state index in [0.717, 1.165) is 30.4 Å².